The van der Waals surface area contributed by atoms with E-state index in [4.69, 9.17) is 4.42 Å². The van der Waals surface area contributed by atoms with Crippen molar-refractivity contribution in [2.24, 2.45) is 0 Å². The van der Waals surface area contributed by atoms with E-state index in [-0.39, 0.29) is 5.91 Å². The zero-order chi connectivity index (χ0) is 13.0. The number of amides is 1. The van der Waals surface area contributed by atoms with Crippen LogP contribution in [0.4, 0.5) is 0 Å². The second kappa shape index (κ2) is 5.87. The summed E-state index contributed by atoms with van der Waals surface area (Å²) in [6.07, 6.45) is 2.33. The molecule has 1 heterocycles. The predicted molar refractivity (Wildman–Crippen MR) is 73.6 cm³/mol. The minimum absolute atomic E-state index is 0.0721. The van der Waals surface area contributed by atoms with E-state index in [9.17, 15) is 4.79 Å². The van der Waals surface area contributed by atoms with Crippen molar-refractivity contribution < 1.29 is 9.21 Å². The van der Waals surface area contributed by atoms with Gasteiger partial charge in [-0.25, -0.2) is 0 Å². The van der Waals surface area contributed by atoms with Crippen molar-refractivity contribution in [3.05, 3.63) is 58.0 Å². The van der Waals surface area contributed by atoms with Gasteiger partial charge in [0.1, 0.15) is 5.76 Å². The topological polar surface area (TPSA) is 42.2 Å². The summed E-state index contributed by atoms with van der Waals surface area (Å²) >= 11 is 3.38. The molecular formula is C14H14BrNO2. The van der Waals surface area contributed by atoms with Gasteiger partial charge in [-0.1, -0.05) is 11.6 Å². The Hall–Kier alpha value is -1.55. The maximum atomic E-state index is 12.0. The molecule has 0 saturated heterocycles. The predicted octanol–water partition coefficient (Wildman–Crippen LogP) is 3.32. The Kier molecular flexibility index (Phi) is 4.20. The van der Waals surface area contributed by atoms with E-state index in [1.165, 1.54) is 0 Å². The van der Waals surface area contributed by atoms with Gasteiger partial charge in [-0.15, -0.1) is 0 Å². The summed E-state index contributed by atoms with van der Waals surface area (Å²) < 4.78 is 6.01. The van der Waals surface area contributed by atoms with Gasteiger partial charge in [0.05, 0.1) is 11.8 Å². The van der Waals surface area contributed by atoms with E-state index >= 15 is 0 Å². The fourth-order valence-corrected chi connectivity index (χ4v) is 2.09. The first-order valence-electron chi connectivity index (χ1n) is 5.73. The van der Waals surface area contributed by atoms with Gasteiger partial charge in [-0.3, -0.25) is 4.79 Å². The quantitative estimate of drug-likeness (QED) is 0.941. The van der Waals surface area contributed by atoms with Gasteiger partial charge in [0.15, 0.2) is 0 Å². The van der Waals surface area contributed by atoms with E-state index < -0.39 is 0 Å². The van der Waals surface area contributed by atoms with Crippen LogP contribution in [-0.2, 0) is 6.42 Å². The average Bonchev–Trinajstić information content (AvgIpc) is 2.85. The van der Waals surface area contributed by atoms with Gasteiger partial charge in [0.25, 0.3) is 5.91 Å². The second-order valence-electron chi connectivity index (χ2n) is 4.07. The average molecular weight is 308 g/mol. The maximum Gasteiger partial charge on any atom is 0.252 e. The molecule has 2 rings (SSSR count). The number of benzene rings is 1. The van der Waals surface area contributed by atoms with E-state index in [0.717, 1.165) is 15.8 Å². The first-order valence-corrected chi connectivity index (χ1v) is 6.53. The molecule has 1 N–H and O–H groups in total. The van der Waals surface area contributed by atoms with Gasteiger partial charge in [0, 0.05) is 17.4 Å². The summed E-state index contributed by atoms with van der Waals surface area (Å²) in [5, 5.41) is 2.88. The summed E-state index contributed by atoms with van der Waals surface area (Å²) in [4.78, 5) is 12.0. The number of rotatable bonds is 4. The van der Waals surface area contributed by atoms with Crippen molar-refractivity contribution in [2.75, 3.05) is 6.54 Å². The van der Waals surface area contributed by atoms with E-state index in [0.29, 0.717) is 18.5 Å². The zero-order valence-electron chi connectivity index (χ0n) is 10.1. The van der Waals surface area contributed by atoms with Crippen molar-refractivity contribution in [1.29, 1.82) is 0 Å². The molecule has 18 heavy (non-hydrogen) atoms. The lowest BCUT2D eigenvalue weighted by atomic mass is 10.1. The molecule has 0 aliphatic heterocycles. The Balaban J connectivity index is 1.93. The van der Waals surface area contributed by atoms with E-state index in [2.05, 4.69) is 21.2 Å². The lowest BCUT2D eigenvalue weighted by Crippen LogP contribution is -2.26. The van der Waals surface area contributed by atoms with Crippen molar-refractivity contribution >= 4 is 21.8 Å². The molecule has 0 fully saturated rings. The second-order valence-corrected chi connectivity index (χ2v) is 4.92. The highest BCUT2D eigenvalue weighted by atomic mass is 79.9. The molecule has 0 atom stereocenters. The molecule has 94 valence electrons. The van der Waals surface area contributed by atoms with Crippen LogP contribution in [0, 0.1) is 6.92 Å². The van der Waals surface area contributed by atoms with Crippen molar-refractivity contribution in [1.82, 2.24) is 5.32 Å². The molecular weight excluding hydrogens is 294 g/mol. The number of hydrogen-bond acceptors (Lipinski definition) is 2. The van der Waals surface area contributed by atoms with Gasteiger partial charge < -0.3 is 9.73 Å². The molecule has 0 aliphatic rings. The summed E-state index contributed by atoms with van der Waals surface area (Å²) in [6, 6.07) is 9.45. The molecule has 4 heteroatoms. The number of aryl methyl sites for hydroxylation is 1. The number of carbonyl (C=O) groups is 1. The minimum atomic E-state index is -0.0721. The SMILES string of the molecule is Cc1ccc(Br)c(C(=O)NCCc2ccco2)c1. The molecule has 0 aliphatic carbocycles. The number of halogens is 1. The third-order valence-corrected chi connectivity index (χ3v) is 3.30. The monoisotopic (exact) mass is 307 g/mol. The van der Waals surface area contributed by atoms with Crippen LogP contribution in [0.3, 0.4) is 0 Å². The Morgan fingerprint density at radius 1 is 1.39 bits per heavy atom. The summed E-state index contributed by atoms with van der Waals surface area (Å²) in [5.74, 6) is 0.802. The highest BCUT2D eigenvalue weighted by Crippen LogP contribution is 2.17. The van der Waals surface area contributed by atoms with Crippen LogP contribution in [0.5, 0.6) is 0 Å². The number of nitrogens with one attached hydrogen (secondary N) is 1. The fraction of sp³-hybridized carbons (Fsp3) is 0.214. The minimum Gasteiger partial charge on any atom is -0.469 e. The lowest BCUT2D eigenvalue weighted by molar-refractivity contribution is 0.0953. The van der Waals surface area contributed by atoms with Crippen LogP contribution in [-0.4, -0.2) is 12.5 Å². The molecule has 0 unspecified atom stereocenters. The molecule has 0 saturated carbocycles. The van der Waals surface area contributed by atoms with Crippen molar-refractivity contribution in [2.45, 2.75) is 13.3 Å². The summed E-state index contributed by atoms with van der Waals surface area (Å²) in [6.45, 7) is 2.53. The Bertz CT molecular complexity index is 535. The highest BCUT2D eigenvalue weighted by Gasteiger charge is 2.09. The van der Waals surface area contributed by atoms with Gasteiger partial charge in [-0.2, -0.15) is 0 Å². The Morgan fingerprint density at radius 3 is 2.94 bits per heavy atom. The summed E-state index contributed by atoms with van der Waals surface area (Å²) in [7, 11) is 0. The van der Waals surface area contributed by atoms with Crippen LogP contribution in [0.1, 0.15) is 21.7 Å². The van der Waals surface area contributed by atoms with E-state index in [1.807, 2.05) is 37.3 Å². The number of furan rings is 1. The lowest BCUT2D eigenvalue weighted by Gasteiger charge is -2.07. The van der Waals surface area contributed by atoms with Gasteiger partial charge in [-0.05, 0) is 47.1 Å². The van der Waals surface area contributed by atoms with Crippen molar-refractivity contribution in [3.63, 3.8) is 0 Å². The first-order chi connectivity index (χ1) is 8.66. The third kappa shape index (κ3) is 3.23. The van der Waals surface area contributed by atoms with Crippen LogP contribution < -0.4 is 5.32 Å². The molecule has 1 aromatic heterocycles. The van der Waals surface area contributed by atoms with Gasteiger partial charge in [0.2, 0.25) is 0 Å². The van der Waals surface area contributed by atoms with Crippen molar-refractivity contribution in [3.8, 4) is 0 Å². The first kappa shape index (κ1) is 12.9. The Labute approximate surface area is 114 Å². The number of hydrogen-bond donors (Lipinski definition) is 1. The largest absolute Gasteiger partial charge is 0.469 e. The molecule has 3 nitrogen and oxygen atoms in total. The standard InChI is InChI=1S/C14H14BrNO2/c1-10-4-5-13(15)12(9-10)14(17)16-7-6-11-3-2-8-18-11/h2-5,8-9H,6-7H2,1H3,(H,16,17). The molecule has 1 aromatic carbocycles. The maximum absolute atomic E-state index is 12.0. The van der Waals surface area contributed by atoms with Crippen LogP contribution in [0.25, 0.3) is 0 Å². The van der Waals surface area contributed by atoms with Crippen LogP contribution in [0.15, 0.2) is 45.5 Å². The normalized spacial score (nSPS) is 10.3. The molecule has 1 amide bonds. The zero-order valence-corrected chi connectivity index (χ0v) is 11.7. The number of carbonyl (C=O) groups excluding carboxylic acids is 1. The molecule has 2 aromatic rings. The van der Waals surface area contributed by atoms with Gasteiger partial charge >= 0.3 is 0 Å². The summed E-state index contributed by atoms with van der Waals surface area (Å²) in [5.41, 5.74) is 1.73. The third-order valence-electron chi connectivity index (χ3n) is 2.60. The molecule has 0 bridgehead atoms. The highest BCUT2D eigenvalue weighted by molar-refractivity contribution is 9.10. The van der Waals surface area contributed by atoms with E-state index in [1.54, 1.807) is 6.26 Å². The smallest absolute Gasteiger partial charge is 0.252 e. The van der Waals surface area contributed by atoms with Crippen LogP contribution >= 0.6 is 15.9 Å². The molecule has 0 radical (unpaired) electrons. The molecule has 0 spiro atoms. The van der Waals surface area contributed by atoms with Crippen LogP contribution in [0.2, 0.25) is 0 Å². The Morgan fingerprint density at radius 2 is 2.22 bits per heavy atom. The fourth-order valence-electron chi connectivity index (χ4n) is 1.66.